The molecule has 2 rings (SSSR count). The Labute approximate surface area is 156 Å². The molecule has 5 nitrogen and oxygen atoms in total. The van der Waals surface area contributed by atoms with E-state index in [0.29, 0.717) is 28.9 Å². The zero-order chi connectivity index (χ0) is 19.3. The highest BCUT2D eigenvalue weighted by Crippen LogP contribution is 2.38. The topological polar surface area (TPSA) is 75.6 Å². The normalized spacial score (nSPS) is 24.2. The molecule has 0 heterocycles. The molecule has 1 aromatic rings. The van der Waals surface area contributed by atoms with Gasteiger partial charge in [0, 0.05) is 12.5 Å². The number of aliphatic hydroxyl groups excluding tert-OH is 1. The number of ether oxygens (including phenoxy) is 1. The Kier molecular flexibility index (Phi) is 7.21. The van der Waals surface area contributed by atoms with E-state index < -0.39 is 12.1 Å². The molecule has 1 aliphatic carbocycles. The fraction of sp³-hybridized carbons (Fsp3) is 0.619. The zero-order valence-corrected chi connectivity index (χ0v) is 16.2. The highest BCUT2D eigenvalue weighted by atomic mass is 16.5. The van der Waals surface area contributed by atoms with Crippen molar-refractivity contribution in [2.75, 3.05) is 13.7 Å². The summed E-state index contributed by atoms with van der Waals surface area (Å²) in [4.78, 5) is 24.3. The molecule has 1 aromatic carbocycles. The fourth-order valence-corrected chi connectivity index (χ4v) is 3.94. The summed E-state index contributed by atoms with van der Waals surface area (Å²) in [6.07, 6.45) is 2.31. The Morgan fingerprint density at radius 3 is 2.69 bits per heavy atom. The van der Waals surface area contributed by atoms with Crippen molar-refractivity contribution < 1.29 is 19.4 Å². The van der Waals surface area contributed by atoms with Crippen LogP contribution in [0.25, 0.3) is 0 Å². The second-order valence-corrected chi connectivity index (χ2v) is 7.81. The largest absolute Gasteiger partial charge is 0.465 e. The molecule has 1 aliphatic rings. The van der Waals surface area contributed by atoms with Crippen LogP contribution in [0.5, 0.6) is 0 Å². The predicted molar refractivity (Wildman–Crippen MR) is 101 cm³/mol. The summed E-state index contributed by atoms with van der Waals surface area (Å²) >= 11 is 0. The number of carbonyl (C=O) groups excluding carboxylic acids is 2. The number of aliphatic hydroxyl groups is 1. The number of amides is 1. The molecule has 1 saturated carbocycles. The third-order valence-electron chi connectivity index (χ3n) is 5.52. The first-order valence-electron chi connectivity index (χ1n) is 9.47. The number of carbonyl (C=O) groups is 2. The second kappa shape index (κ2) is 9.17. The number of hydrogen-bond donors (Lipinski definition) is 2. The first kappa shape index (κ1) is 20.4. The molecule has 5 heteroatoms. The van der Waals surface area contributed by atoms with Gasteiger partial charge >= 0.3 is 5.97 Å². The molecule has 2 N–H and O–H groups in total. The van der Waals surface area contributed by atoms with Crippen molar-refractivity contribution in [1.82, 2.24) is 5.32 Å². The van der Waals surface area contributed by atoms with E-state index in [1.165, 1.54) is 13.5 Å². The average Bonchev–Trinajstić information content (AvgIpc) is 2.64. The number of benzene rings is 1. The van der Waals surface area contributed by atoms with Crippen LogP contribution in [0, 0.1) is 23.7 Å². The Morgan fingerprint density at radius 1 is 1.31 bits per heavy atom. The first-order chi connectivity index (χ1) is 12.3. The van der Waals surface area contributed by atoms with Crippen molar-refractivity contribution in [1.29, 1.82) is 0 Å². The summed E-state index contributed by atoms with van der Waals surface area (Å²) in [5.74, 6) is 1.01. The van der Waals surface area contributed by atoms with Gasteiger partial charge < -0.3 is 15.2 Å². The summed E-state index contributed by atoms with van der Waals surface area (Å²) in [6.45, 7) is 6.69. The third kappa shape index (κ3) is 5.07. The summed E-state index contributed by atoms with van der Waals surface area (Å²) in [7, 11) is 1.32. The zero-order valence-electron chi connectivity index (χ0n) is 16.2. The highest BCUT2D eigenvalue weighted by molar-refractivity contribution is 5.89. The maximum atomic E-state index is 12.7. The monoisotopic (exact) mass is 361 g/mol. The van der Waals surface area contributed by atoms with E-state index in [-0.39, 0.29) is 18.4 Å². The Morgan fingerprint density at radius 2 is 2.04 bits per heavy atom. The molecule has 0 radical (unpaired) electrons. The molecule has 0 aromatic heterocycles. The van der Waals surface area contributed by atoms with Crippen molar-refractivity contribution >= 4 is 11.9 Å². The molecule has 1 unspecified atom stereocenters. The molecule has 0 spiro atoms. The third-order valence-corrected chi connectivity index (χ3v) is 5.52. The number of rotatable bonds is 6. The van der Waals surface area contributed by atoms with Gasteiger partial charge in [-0.2, -0.15) is 0 Å². The number of nitrogens with one attached hydrogen (secondary N) is 1. The van der Waals surface area contributed by atoms with Crippen LogP contribution >= 0.6 is 0 Å². The van der Waals surface area contributed by atoms with Crippen LogP contribution in [0.15, 0.2) is 24.3 Å². The lowest BCUT2D eigenvalue weighted by Gasteiger charge is -2.36. The van der Waals surface area contributed by atoms with Crippen molar-refractivity contribution in [3.05, 3.63) is 35.4 Å². The van der Waals surface area contributed by atoms with E-state index >= 15 is 0 Å². The van der Waals surface area contributed by atoms with Crippen LogP contribution in [0.1, 0.15) is 62.1 Å². The number of methoxy groups -OCH3 is 1. The lowest BCUT2D eigenvalue weighted by Crippen LogP contribution is -2.41. The molecular formula is C21H31NO4. The summed E-state index contributed by atoms with van der Waals surface area (Å²) in [5.41, 5.74) is 0.974. The van der Waals surface area contributed by atoms with Crippen molar-refractivity contribution in [2.45, 2.75) is 46.1 Å². The quantitative estimate of drug-likeness (QED) is 0.762. The van der Waals surface area contributed by atoms with Crippen molar-refractivity contribution in [2.24, 2.45) is 23.7 Å². The van der Waals surface area contributed by atoms with Crippen LogP contribution in [0.2, 0.25) is 0 Å². The van der Waals surface area contributed by atoms with Crippen LogP contribution in [0.4, 0.5) is 0 Å². The Bertz CT molecular complexity index is 628. The van der Waals surface area contributed by atoms with Gasteiger partial charge in [0.15, 0.2) is 0 Å². The Hall–Kier alpha value is -1.88. The molecular weight excluding hydrogens is 330 g/mol. The minimum absolute atomic E-state index is 0.00681. The summed E-state index contributed by atoms with van der Waals surface area (Å²) < 4.78 is 4.70. The first-order valence-corrected chi connectivity index (χ1v) is 9.47. The molecule has 144 valence electrons. The van der Waals surface area contributed by atoms with Gasteiger partial charge in [-0.05, 0) is 48.3 Å². The smallest absolute Gasteiger partial charge is 0.337 e. The summed E-state index contributed by atoms with van der Waals surface area (Å²) in [6, 6.07) is 6.67. The number of hydrogen-bond acceptors (Lipinski definition) is 4. The van der Waals surface area contributed by atoms with Crippen molar-refractivity contribution in [3.63, 3.8) is 0 Å². The van der Waals surface area contributed by atoms with Gasteiger partial charge in [-0.25, -0.2) is 4.79 Å². The van der Waals surface area contributed by atoms with E-state index in [0.717, 1.165) is 12.8 Å². The number of esters is 1. The molecule has 4 atom stereocenters. The molecule has 1 amide bonds. The standard InChI is InChI=1S/C21H31NO4/c1-13(2)17-9-8-14(3)10-18(17)20(24)22-12-19(23)15-6-5-7-16(11-15)21(25)26-4/h5-7,11,13-14,17-19,23H,8-10,12H2,1-4H3,(H,22,24)/t14-,17+,18-,19?/m1/s1. The predicted octanol–water partition coefficient (Wildman–Crippen LogP) is 3.33. The van der Waals surface area contributed by atoms with Gasteiger partial charge in [-0.3, -0.25) is 4.79 Å². The summed E-state index contributed by atoms with van der Waals surface area (Å²) in [5, 5.41) is 13.3. The average molecular weight is 361 g/mol. The molecule has 0 aliphatic heterocycles. The van der Waals surface area contributed by atoms with Gasteiger partial charge in [-0.15, -0.1) is 0 Å². The van der Waals surface area contributed by atoms with E-state index in [9.17, 15) is 14.7 Å². The van der Waals surface area contributed by atoms with Crippen molar-refractivity contribution in [3.8, 4) is 0 Å². The Balaban J connectivity index is 1.98. The highest BCUT2D eigenvalue weighted by Gasteiger charge is 2.35. The maximum Gasteiger partial charge on any atom is 0.337 e. The van der Waals surface area contributed by atoms with E-state index in [1.807, 2.05) is 0 Å². The van der Waals surface area contributed by atoms with Gasteiger partial charge in [-0.1, -0.05) is 39.3 Å². The van der Waals surface area contributed by atoms with Crippen LogP contribution in [-0.2, 0) is 9.53 Å². The minimum atomic E-state index is -0.859. The lowest BCUT2D eigenvalue weighted by molar-refractivity contribution is -0.129. The molecule has 0 saturated heterocycles. The van der Waals surface area contributed by atoms with E-state index in [2.05, 4.69) is 26.1 Å². The van der Waals surface area contributed by atoms with Gasteiger partial charge in [0.25, 0.3) is 0 Å². The van der Waals surface area contributed by atoms with E-state index in [4.69, 9.17) is 4.74 Å². The van der Waals surface area contributed by atoms with Crippen LogP contribution < -0.4 is 5.32 Å². The fourth-order valence-electron chi connectivity index (χ4n) is 3.94. The van der Waals surface area contributed by atoms with Crippen LogP contribution in [-0.4, -0.2) is 30.6 Å². The molecule has 26 heavy (non-hydrogen) atoms. The van der Waals surface area contributed by atoms with Crippen LogP contribution in [0.3, 0.4) is 0 Å². The SMILES string of the molecule is COC(=O)c1cccc(C(O)CNC(=O)[C@@H]2C[C@H](C)CC[C@H]2C(C)C)c1. The minimum Gasteiger partial charge on any atom is -0.465 e. The van der Waals surface area contributed by atoms with Gasteiger partial charge in [0.05, 0.1) is 18.8 Å². The van der Waals surface area contributed by atoms with Gasteiger partial charge in [0.2, 0.25) is 5.91 Å². The molecule has 1 fully saturated rings. The molecule has 0 bridgehead atoms. The second-order valence-electron chi connectivity index (χ2n) is 7.81. The lowest BCUT2D eigenvalue weighted by atomic mass is 9.70. The maximum absolute atomic E-state index is 12.7. The van der Waals surface area contributed by atoms with Gasteiger partial charge in [0.1, 0.15) is 0 Å². The van der Waals surface area contributed by atoms with E-state index in [1.54, 1.807) is 24.3 Å².